The van der Waals surface area contributed by atoms with Crippen molar-refractivity contribution in [2.24, 2.45) is 10.9 Å². The minimum absolute atomic E-state index is 0.278. The summed E-state index contributed by atoms with van der Waals surface area (Å²) in [6.45, 7) is 8.64. The summed E-state index contributed by atoms with van der Waals surface area (Å²) in [6.07, 6.45) is 7.46. The van der Waals surface area contributed by atoms with Crippen LogP contribution in [0.4, 0.5) is 0 Å². The Morgan fingerprint density at radius 1 is 1.41 bits per heavy atom. The molecule has 0 amide bonds. The van der Waals surface area contributed by atoms with Crippen molar-refractivity contribution in [3.63, 3.8) is 0 Å². The summed E-state index contributed by atoms with van der Waals surface area (Å²) in [7, 11) is 1.17. The van der Waals surface area contributed by atoms with Gasteiger partial charge < -0.3 is 4.74 Å². The van der Waals surface area contributed by atoms with E-state index in [0.717, 1.165) is 25.5 Å². The fourth-order valence-corrected chi connectivity index (χ4v) is 3.48. The Bertz CT molecular complexity index is 245. The molecular weight excluding hydrogens is 226 g/mol. The summed E-state index contributed by atoms with van der Waals surface area (Å²) in [5.41, 5.74) is 1.31. The van der Waals surface area contributed by atoms with Gasteiger partial charge in [0.2, 0.25) is 0 Å². The van der Waals surface area contributed by atoms with Crippen LogP contribution in [0.15, 0.2) is 4.99 Å². The molecule has 100 valence electrons. The maximum Gasteiger partial charge on any atom is 0.0486 e. The van der Waals surface area contributed by atoms with E-state index in [1.165, 1.54) is 48.1 Å². The molecule has 1 fully saturated rings. The van der Waals surface area contributed by atoms with Crippen molar-refractivity contribution in [3.8, 4) is 0 Å². The molecule has 3 heteroatoms. The fourth-order valence-electron chi connectivity index (χ4n) is 2.57. The van der Waals surface area contributed by atoms with Crippen molar-refractivity contribution in [3.05, 3.63) is 0 Å². The summed E-state index contributed by atoms with van der Waals surface area (Å²) in [4.78, 5) is 4.66. The minimum Gasteiger partial charge on any atom is -0.380 e. The molecule has 0 radical (unpaired) electrons. The quantitative estimate of drug-likeness (QED) is 0.406. The molecule has 1 heterocycles. The highest BCUT2D eigenvalue weighted by Gasteiger charge is 2.26. The van der Waals surface area contributed by atoms with Gasteiger partial charge in [-0.05, 0) is 51.4 Å². The zero-order valence-corrected chi connectivity index (χ0v) is 14.1. The van der Waals surface area contributed by atoms with Gasteiger partial charge in [-0.2, -0.15) is 0 Å². The lowest BCUT2D eigenvalue weighted by Crippen LogP contribution is -2.36. The summed E-state index contributed by atoms with van der Waals surface area (Å²) in [6, 6.07) is 0. The molecule has 17 heavy (non-hydrogen) atoms. The van der Waals surface area contributed by atoms with Gasteiger partial charge in [-0.1, -0.05) is 13.8 Å². The standard InChI is InChI=1S/C14H29NOSi/c1-12(2)11-13(3)15-9-6-8-14(17)7-4-5-10-16-14/h12H,4-11H2,1-3,17H3. The van der Waals surface area contributed by atoms with Crippen LogP contribution in [0.3, 0.4) is 0 Å². The van der Waals surface area contributed by atoms with E-state index in [-0.39, 0.29) is 5.22 Å². The van der Waals surface area contributed by atoms with E-state index in [0.29, 0.717) is 0 Å². The van der Waals surface area contributed by atoms with E-state index in [1.54, 1.807) is 0 Å². The number of hydrogen-bond donors (Lipinski definition) is 0. The highest BCUT2D eigenvalue weighted by Crippen LogP contribution is 2.26. The third-order valence-corrected chi connectivity index (χ3v) is 4.79. The van der Waals surface area contributed by atoms with Crippen LogP contribution in [0.5, 0.6) is 0 Å². The molecule has 1 atom stereocenters. The first kappa shape index (κ1) is 14.9. The van der Waals surface area contributed by atoms with E-state index in [2.05, 4.69) is 25.8 Å². The zero-order valence-electron chi connectivity index (χ0n) is 12.1. The molecule has 0 saturated carbocycles. The number of ether oxygens (including phenoxy) is 1. The smallest absolute Gasteiger partial charge is 0.0486 e. The van der Waals surface area contributed by atoms with Crippen molar-refractivity contribution in [1.82, 2.24) is 0 Å². The molecule has 0 aromatic rings. The molecule has 1 unspecified atom stereocenters. The second-order valence-electron chi connectivity index (χ2n) is 6.07. The van der Waals surface area contributed by atoms with Crippen LogP contribution in [-0.4, -0.2) is 34.3 Å². The molecule has 1 rings (SSSR count). The van der Waals surface area contributed by atoms with Crippen molar-refractivity contribution < 1.29 is 4.74 Å². The number of hydrogen-bond acceptors (Lipinski definition) is 2. The van der Waals surface area contributed by atoms with Crippen molar-refractivity contribution >= 4 is 16.0 Å². The van der Waals surface area contributed by atoms with Crippen molar-refractivity contribution in [1.29, 1.82) is 0 Å². The highest BCUT2D eigenvalue weighted by molar-refractivity contribution is 6.14. The Morgan fingerprint density at radius 2 is 2.18 bits per heavy atom. The fraction of sp³-hybridized carbons (Fsp3) is 0.929. The lowest BCUT2D eigenvalue weighted by Gasteiger charge is -2.34. The maximum atomic E-state index is 5.95. The Balaban J connectivity index is 2.18. The van der Waals surface area contributed by atoms with E-state index in [9.17, 15) is 0 Å². The monoisotopic (exact) mass is 255 g/mol. The number of nitrogens with zero attached hydrogens (tertiary/aromatic N) is 1. The van der Waals surface area contributed by atoms with Crippen LogP contribution in [0.2, 0.25) is 0 Å². The molecule has 1 aliphatic rings. The third-order valence-electron chi connectivity index (χ3n) is 3.50. The van der Waals surface area contributed by atoms with Crippen LogP contribution < -0.4 is 0 Å². The normalized spacial score (nSPS) is 26.7. The van der Waals surface area contributed by atoms with Gasteiger partial charge in [0.05, 0.1) is 0 Å². The summed E-state index contributed by atoms with van der Waals surface area (Å²) in [5.74, 6) is 0.727. The average Bonchev–Trinajstić information content (AvgIpc) is 2.24. The van der Waals surface area contributed by atoms with Gasteiger partial charge in [0.1, 0.15) is 0 Å². The highest BCUT2D eigenvalue weighted by atomic mass is 28.1. The molecule has 1 aliphatic heterocycles. The lowest BCUT2D eigenvalue weighted by atomic mass is 10.0. The Morgan fingerprint density at radius 3 is 2.76 bits per heavy atom. The van der Waals surface area contributed by atoms with Gasteiger partial charge in [-0.25, -0.2) is 0 Å². The zero-order chi connectivity index (χ0) is 12.7. The molecule has 0 aromatic heterocycles. The van der Waals surface area contributed by atoms with Crippen molar-refractivity contribution in [2.75, 3.05) is 13.2 Å². The molecule has 0 spiro atoms. The van der Waals surface area contributed by atoms with Crippen LogP contribution in [-0.2, 0) is 4.74 Å². The number of aliphatic imine (C=N–C) groups is 1. The predicted octanol–water partition coefficient (Wildman–Crippen LogP) is 2.54. The Labute approximate surface area is 110 Å². The second-order valence-corrected chi connectivity index (χ2v) is 7.90. The first-order valence-electron chi connectivity index (χ1n) is 7.16. The summed E-state index contributed by atoms with van der Waals surface area (Å²) >= 11 is 0. The van der Waals surface area contributed by atoms with Crippen LogP contribution in [0.1, 0.15) is 59.3 Å². The summed E-state index contributed by atoms with van der Waals surface area (Å²) in [5, 5.41) is 0.278. The van der Waals surface area contributed by atoms with E-state index < -0.39 is 0 Å². The molecule has 0 bridgehead atoms. The number of rotatable bonds is 6. The molecule has 0 aromatic carbocycles. The first-order chi connectivity index (χ1) is 8.02. The Kier molecular flexibility index (Phi) is 6.42. The summed E-state index contributed by atoms with van der Waals surface area (Å²) < 4.78 is 5.95. The van der Waals surface area contributed by atoms with Gasteiger partial charge >= 0.3 is 0 Å². The van der Waals surface area contributed by atoms with E-state index in [4.69, 9.17) is 4.74 Å². The van der Waals surface area contributed by atoms with Crippen molar-refractivity contribution in [2.45, 2.75) is 64.5 Å². The first-order valence-corrected chi connectivity index (χ1v) is 8.16. The van der Waals surface area contributed by atoms with Gasteiger partial charge in [-0.3, -0.25) is 4.99 Å². The maximum absolute atomic E-state index is 5.95. The van der Waals surface area contributed by atoms with Gasteiger partial charge in [0, 0.05) is 34.3 Å². The predicted molar refractivity (Wildman–Crippen MR) is 79.1 cm³/mol. The molecular formula is C14H29NOSi. The Hall–Kier alpha value is -0.153. The topological polar surface area (TPSA) is 21.6 Å². The van der Waals surface area contributed by atoms with Gasteiger partial charge in [0.15, 0.2) is 0 Å². The van der Waals surface area contributed by atoms with Crippen LogP contribution >= 0.6 is 0 Å². The van der Waals surface area contributed by atoms with E-state index >= 15 is 0 Å². The van der Waals surface area contributed by atoms with Gasteiger partial charge in [-0.15, -0.1) is 0 Å². The van der Waals surface area contributed by atoms with E-state index in [1.807, 2.05) is 0 Å². The van der Waals surface area contributed by atoms with Gasteiger partial charge in [0.25, 0.3) is 0 Å². The SMILES string of the molecule is CC(CC(C)C)=NCCCC1([SiH3])CCCCO1. The molecule has 2 nitrogen and oxygen atoms in total. The van der Waals surface area contributed by atoms with Crippen LogP contribution in [0.25, 0.3) is 0 Å². The molecule has 0 aliphatic carbocycles. The third kappa shape index (κ3) is 6.37. The van der Waals surface area contributed by atoms with Crippen LogP contribution in [0, 0.1) is 5.92 Å². The average molecular weight is 255 g/mol. The minimum atomic E-state index is 0.278. The second kappa shape index (κ2) is 7.32. The molecule has 0 N–H and O–H groups in total. The molecule has 1 saturated heterocycles. The lowest BCUT2D eigenvalue weighted by molar-refractivity contribution is -0.0232. The largest absolute Gasteiger partial charge is 0.380 e.